The predicted octanol–water partition coefficient (Wildman–Crippen LogP) is 2.95. The van der Waals surface area contributed by atoms with Crippen molar-refractivity contribution in [3.8, 4) is 0 Å². The van der Waals surface area contributed by atoms with Crippen molar-refractivity contribution in [1.29, 1.82) is 0 Å². The summed E-state index contributed by atoms with van der Waals surface area (Å²) in [6, 6.07) is 0.681. The Hall–Kier alpha value is -0.830. The minimum atomic E-state index is 0.681. The van der Waals surface area contributed by atoms with Crippen LogP contribution in [-0.4, -0.2) is 15.8 Å². The number of aromatic nitrogens is 2. The maximum atomic E-state index is 4.48. The highest BCUT2D eigenvalue weighted by Crippen LogP contribution is 2.29. The summed E-state index contributed by atoms with van der Waals surface area (Å²) in [6.07, 6.45) is 4.05. The highest BCUT2D eigenvalue weighted by Gasteiger charge is 2.25. The Labute approximate surface area is 111 Å². The van der Waals surface area contributed by atoms with E-state index in [1.165, 1.54) is 36.2 Å². The van der Waals surface area contributed by atoms with Crippen LogP contribution in [0.5, 0.6) is 0 Å². The van der Waals surface area contributed by atoms with Crippen LogP contribution in [0, 0.1) is 25.7 Å². The minimum Gasteiger partial charge on any atom is -0.310 e. The fourth-order valence-corrected chi connectivity index (χ4v) is 3.28. The third-order valence-corrected chi connectivity index (χ3v) is 4.63. The first kappa shape index (κ1) is 13.6. The molecule has 3 nitrogen and oxygen atoms in total. The zero-order valence-electron chi connectivity index (χ0n) is 12.5. The van der Waals surface area contributed by atoms with Crippen molar-refractivity contribution in [1.82, 2.24) is 15.1 Å². The molecule has 1 aromatic heterocycles. The molecule has 0 spiro atoms. The van der Waals surface area contributed by atoms with E-state index in [-0.39, 0.29) is 0 Å². The Morgan fingerprint density at radius 3 is 2.56 bits per heavy atom. The van der Waals surface area contributed by atoms with E-state index in [0.717, 1.165) is 18.4 Å². The summed E-state index contributed by atoms with van der Waals surface area (Å²) in [5, 5.41) is 8.23. The van der Waals surface area contributed by atoms with Crippen LogP contribution in [0.1, 0.15) is 50.1 Å². The molecule has 1 saturated carbocycles. The SMILES string of the molecule is Cc1nn(C)c(C)c1CNC1CCC(C)CC1C. The molecule has 1 N–H and O–H groups in total. The number of nitrogens with one attached hydrogen (secondary N) is 1. The highest BCUT2D eigenvalue weighted by molar-refractivity contribution is 5.24. The van der Waals surface area contributed by atoms with E-state index in [1.54, 1.807) is 0 Å². The maximum absolute atomic E-state index is 4.48. The maximum Gasteiger partial charge on any atom is 0.0641 e. The van der Waals surface area contributed by atoms with E-state index >= 15 is 0 Å². The van der Waals surface area contributed by atoms with Gasteiger partial charge < -0.3 is 5.32 Å². The lowest BCUT2D eigenvalue weighted by Crippen LogP contribution is -2.38. The molecular weight excluding hydrogens is 222 g/mol. The Kier molecular flexibility index (Phi) is 4.10. The Morgan fingerprint density at radius 1 is 1.28 bits per heavy atom. The van der Waals surface area contributed by atoms with Crippen molar-refractivity contribution in [2.45, 2.75) is 59.5 Å². The van der Waals surface area contributed by atoms with E-state index in [0.29, 0.717) is 6.04 Å². The molecule has 3 heteroatoms. The second-order valence-corrected chi connectivity index (χ2v) is 6.16. The third-order valence-electron chi connectivity index (χ3n) is 4.63. The molecule has 1 fully saturated rings. The number of rotatable bonds is 3. The fraction of sp³-hybridized carbons (Fsp3) is 0.800. The summed E-state index contributed by atoms with van der Waals surface area (Å²) in [6.45, 7) is 9.99. The molecule has 0 radical (unpaired) electrons. The van der Waals surface area contributed by atoms with Crippen molar-refractivity contribution in [2.24, 2.45) is 18.9 Å². The van der Waals surface area contributed by atoms with Gasteiger partial charge in [0.15, 0.2) is 0 Å². The quantitative estimate of drug-likeness (QED) is 0.892. The summed E-state index contributed by atoms with van der Waals surface area (Å²) < 4.78 is 1.98. The smallest absolute Gasteiger partial charge is 0.0641 e. The predicted molar refractivity (Wildman–Crippen MR) is 75.5 cm³/mol. The second kappa shape index (κ2) is 5.43. The highest BCUT2D eigenvalue weighted by atomic mass is 15.3. The van der Waals surface area contributed by atoms with Crippen LogP contribution < -0.4 is 5.32 Å². The van der Waals surface area contributed by atoms with Gasteiger partial charge in [-0.1, -0.05) is 13.8 Å². The first-order chi connectivity index (χ1) is 8.49. The summed E-state index contributed by atoms with van der Waals surface area (Å²) in [5.41, 5.74) is 3.83. The third kappa shape index (κ3) is 2.77. The van der Waals surface area contributed by atoms with E-state index in [4.69, 9.17) is 0 Å². The molecule has 0 amide bonds. The summed E-state index contributed by atoms with van der Waals surface area (Å²) in [4.78, 5) is 0. The Bertz CT molecular complexity index is 408. The van der Waals surface area contributed by atoms with Gasteiger partial charge >= 0.3 is 0 Å². The van der Waals surface area contributed by atoms with Crippen LogP contribution in [-0.2, 0) is 13.6 Å². The minimum absolute atomic E-state index is 0.681. The first-order valence-corrected chi connectivity index (χ1v) is 7.21. The molecule has 1 aliphatic carbocycles. The van der Waals surface area contributed by atoms with Gasteiger partial charge in [0.2, 0.25) is 0 Å². The molecule has 3 unspecified atom stereocenters. The molecule has 2 rings (SSSR count). The standard InChI is InChI=1S/C15H27N3/c1-10-6-7-15(11(2)8-10)16-9-14-12(3)17-18(5)13(14)4/h10-11,15-16H,6-9H2,1-5H3. The van der Waals surface area contributed by atoms with Gasteiger partial charge in [-0.25, -0.2) is 0 Å². The van der Waals surface area contributed by atoms with Crippen LogP contribution in [0.3, 0.4) is 0 Å². The van der Waals surface area contributed by atoms with Gasteiger partial charge in [0, 0.05) is 30.9 Å². The average Bonchev–Trinajstić information content (AvgIpc) is 2.53. The molecule has 0 aromatic carbocycles. The van der Waals surface area contributed by atoms with Gasteiger partial charge in [-0.05, 0) is 44.9 Å². The fourth-order valence-electron chi connectivity index (χ4n) is 3.28. The molecule has 1 aliphatic rings. The lowest BCUT2D eigenvalue weighted by Gasteiger charge is -2.33. The van der Waals surface area contributed by atoms with Gasteiger partial charge in [-0.3, -0.25) is 4.68 Å². The molecule has 102 valence electrons. The van der Waals surface area contributed by atoms with Crippen LogP contribution in [0.4, 0.5) is 0 Å². The first-order valence-electron chi connectivity index (χ1n) is 7.21. The normalized spacial score (nSPS) is 28.6. The zero-order chi connectivity index (χ0) is 13.3. The largest absolute Gasteiger partial charge is 0.310 e. The van der Waals surface area contributed by atoms with E-state index in [2.05, 4.69) is 38.1 Å². The lowest BCUT2D eigenvalue weighted by atomic mass is 9.80. The van der Waals surface area contributed by atoms with Crippen LogP contribution in [0.15, 0.2) is 0 Å². The summed E-state index contributed by atoms with van der Waals surface area (Å²) in [5.74, 6) is 1.70. The Morgan fingerprint density at radius 2 is 2.00 bits per heavy atom. The van der Waals surface area contributed by atoms with Gasteiger partial charge in [-0.15, -0.1) is 0 Å². The second-order valence-electron chi connectivity index (χ2n) is 6.16. The van der Waals surface area contributed by atoms with Gasteiger partial charge in [-0.2, -0.15) is 5.10 Å². The van der Waals surface area contributed by atoms with E-state index < -0.39 is 0 Å². The lowest BCUT2D eigenvalue weighted by molar-refractivity contribution is 0.227. The molecular formula is C15H27N3. The van der Waals surface area contributed by atoms with Crippen molar-refractivity contribution >= 4 is 0 Å². The number of hydrogen-bond acceptors (Lipinski definition) is 2. The summed E-state index contributed by atoms with van der Waals surface area (Å²) >= 11 is 0. The number of nitrogens with zero attached hydrogens (tertiary/aromatic N) is 2. The van der Waals surface area contributed by atoms with Gasteiger partial charge in [0.25, 0.3) is 0 Å². The van der Waals surface area contributed by atoms with Crippen molar-refractivity contribution in [3.63, 3.8) is 0 Å². The van der Waals surface area contributed by atoms with Crippen LogP contribution in [0.2, 0.25) is 0 Å². The van der Waals surface area contributed by atoms with Gasteiger partial charge in [0.05, 0.1) is 5.69 Å². The van der Waals surface area contributed by atoms with E-state index in [1.807, 2.05) is 11.7 Å². The van der Waals surface area contributed by atoms with Crippen LogP contribution in [0.25, 0.3) is 0 Å². The molecule has 18 heavy (non-hydrogen) atoms. The van der Waals surface area contributed by atoms with Gasteiger partial charge in [0.1, 0.15) is 0 Å². The molecule has 3 atom stereocenters. The van der Waals surface area contributed by atoms with Crippen LogP contribution >= 0.6 is 0 Å². The monoisotopic (exact) mass is 249 g/mol. The number of hydrogen-bond donors (Lipinski definition) is 1. The average molecular weight is 249 g/mol. The molecule has 1 heterocycles. The molecule has 1 aromatic rings. The van der Waals surface area contributed by atoms with E-state index in [9.17, 15) is 0 Å². The molecule has 0 saturated heterocycles. The Balaban J connectivity index is 1.95. The molecule has 0 bridgehead atoms. The number of aryl methyl sites for hydroxylation is 2. The van der Waals surface area contributed by atoms with Crippen molar-refractivity contribution in [3.05, 3.63) is 17.0 Å². The van der Waals surface area contributed by atoms with Crippen molar-refractivity contribution < 1.29 is 0 Å². The summed E-state index contributed by atoms with van der Waals surface area (Å²) in [7, 11) is 2.02. The topological polar surface area (TPSA) is 29.9 Å². The molecule has 0 aliphatic heterocycles. The zero-order valence-corrected chi connectivity index (χ0v) is 12.5. The van der Waals surface area contributed by atoms with Crippen molar-refractivity contribution in [2.75, 3.05) is 0 Å².